The number of carbonyl (C=O) groups is 3. The monoisotopic (exact) mass is 391 g/mol. The topological polar surface area (TPSA) is 78.5 Å². The van der Waals surface area contributed by atoms with E-state index < -0.39 is 53.4 Å². The van der Waals surface area contributed by atoms with Crippen LogP contribution in [0.25, 0.3) is 0 Å². The Morgan fingerprint density at radius 1 is 1.04 bits per heavy atom. The number of hydrogen-bond acceptors (Lipinski definition) is 3. The number of imide groups is 1. The SMILES string of the molecule is O=C(C[C@H]1NC(=O)N(CCc2ccccc2)C1=O)Nc1ccc(F)c(F)c1F. The maximum Gasteiger partial charge on any atom is 0.324 e. The molecule has 9 heteroatoms. The minimum atomic E-state index is -1.71. The van der Waals surface area contributed by atoms with E-state index >= 15 is 0 Å². The number of carbonyl (C=O) groups excluding carboxylic acids is 3. The van der Waals surface area contributed by atoms with Crippen molar-refractivity contribution in [3.63, 3.8) is 0 Å². The molecule has 1 aliphatic rings. The molecule has 1 atom stereocenters. The zero-order valence-corrected chi connectivity index (χ0v) is 14.5. The molecule has 1 heterocycles. The van der Waals surface area contributed by atoms with Crippen LogP contribution in [0.4, 0.5) is 23.7 Å². The number of hydrogen-bond donors (Lipinski definition) is 2. The van der Waals surface area contributed by atoms with Crippen molar-refractivity contribution < 1.29 is 27.6 Å². The van der Waals surface area contributed by atoms with Gasteiger partial charge in [0.2, 0.25) is 5.91 Å². The molecule has 0 spiro atoms. The maximum absolute atomic E-state index is 13.6. The van der Waals surface area contributed by atoms with Crippen LogP contribution >= 0.6 is 0 Å². The molecule has 6 nitrogen and oxygen atoms in total. The van der Waals surface area contributed by atoms with Gasteiger partial charge < -0.3 is 10.6 Å². The van der Waals surface area contributed by atoms with Crippen LogP contribution in [0.2, 0.25) is 0 Å². The fraction of sp³-hybridized carbons (Fsp3) is 0.211. The van der Waals surface area contributed by atoms with Crippen molar-refractivity contribution in [2.24, 2.45) is 0 Å². The van der Waals surface area contributed by atoms with Gasteiger partial charge in [0.25, 0.3) is 5.91 Å². The molecule has 2 aromatic rings. The molecule has 1 aliphatic heterocycles. The largest absolute Gasteiger partial charge is 0.325 e. The summed E-state index contributed by atoms with van der Waals surface area (Å²) in [6.45, 7) is 0.143. The van der Waals surface area contributed by atoms with Crippen LogP contribution in [0, 0.1) is 17.5 Å². The van der Waals surface area contributed by atoms with E-state index in [4.69, 9.17) is 0 Å². The van der Waals surface area contributed by atoms with Crippen LogP contribution < -0.4 is 10.6 Å². The molecule has 4 amide bonds. The molecular weight excluding hydrogens is 375 g/mol. The van der Waals surface area contributed by atoms with Gasteiger partial charge >= 0.3 is 6.03 Å². The molecule has 1 fully saturated rings. The molecule has 2 N–H and O–H groups in total. The Kier molecular flexibility index (Phi) is 5.62. The molecule has 28 heavy (non-hydrogen) atoms. The number of anilines is 1. The third-order valence-electron chi connectivity index (χ3n) is 4.27. The van der Waals surface area contributed by atoms with E-state index in [1.807, 2.05) is 30.3 Å². The molecular formula is C19H16F3N3O3. The van der Waals surface area contributed by atoms with Crippen molar-refractivity contribution >= 4 is 23.5 Å². The number of nitrogens with zero attached hydrogens (tertiary/aromatic N) is 1. The van der Waals surface area contributed by atoms with Crippen molar-refractivity contribution in [3.05, 3.63) is 65.5 Å². The molecule has 2 aromatic carbocycles. The summed E-state index contributed by atoms with van der Waals surface area (Å²) in [6, 6.07) is 9.04. The van der Waals surface area contributed by atoms with Crippen LogP contribution in [-0.2, 0) is 16.0 Å². The molecule has 0 unspecified atom stereocenters. The summed E-state index contributed by atoms with van der Waals surface area (Å²) in [5, 5.41) is 4.46. The summed E-state index contributed by atoms with van der Waals surface area (Å²) in [7, 11) is 0. The molecule has 0 saturated carbocycles. The number of rotatable bonds is 6. The fourth-order valence-corrected chi connectivity index (χ4v) is 2.82. The van der Waals surface area contributed by atoms with Gasteiger partial charge in [-0.2, -0.15) is 0 Å². The lowest BCUT2D eigenvalue weighted by Gasteiger charge is -2.13. The van der Waals surface area contributed by atoms with Crippen molar-refractivity contribution in [1.29, 1.82) is 0 Å². The first-order valence-corrected chi connectivity index (χ1v) is 8.46. The van der Waals surface area contributed by atoms with Crippen molar-refractivity contribution in [3.8, 4) is 0 Å². The van der Waals surface area contributed by atoms with Gasteiger partial charge in [-0.1, -0.05) is 30.3 Å². The number of halogens is 3. The lowest BCUT2D eigenvalue weighted by molar-refractivity contribution is -0.129. The van der Waals surface area contributed by atoms with Crippen LogP contribution in [0.3, 0.4) is 0 Å². The Morgan fingerprint density at radius 2 is 1.75 bits per heavy atom. The highest BCUT2D eigenvalue weighted by Gasteiger charge is 2.38. The van der Waals surface area contributed by atoms with Gasteiger partial charge in [0.05, 0.1) is 12.1 Å². The smallest absolute Gasteiger partial charge is 0.324 e. The molecule has 0 aliphatic carbocycles. The highest BCUT2D eigenvalue weighted by atomic mass is 19.2. The summed E-state index contributed by atoms with van der Waals surface area (Å²) < 4.78 is 39.8. The first-order valence-electron chi connectivity index (χ1n) is 8.46. The van der Waals surface area contributed by atoms with E-state index in [-0.39, 0.29) is 6.54 Å². The van der Waals surface area contributed by atoms with Gasteiger partial charge in [-0.15, -0.1) is 0 Å². The molecule has 3 rings (SSSR count). The summed E-state index contributed by atoms with van der Waals surface area (Å²) in [5.41, 5.74) is 0.389. The van der Waals surface area contributed by atoms with Gasteiger partial charge in [-0.05, 0) is 24.1 Å². The van der Waals surface area contributed by atoms with Crippen molar-refractivity contribution in [1.82, 2.24) is 10.2 Å². The summed E-state index contributed by atoms with van der Waals surface area (Å²) >= 11 is 0. The second-order valence-electron chi connectivity index (χ2n) is 6.20. The summed E-state index contributed by atoms with van der Waals surface area (Å²) in [5.74, 6) is -6.05. The molecule has 0 bridgehead atoms. The van der Waals surface area contributed by atoms with Crippen LogP contribution in [0.1, 0.15) is 12.0 Å². The predicted molar refractivity (Wildman–Crippen MR) is 93.7 cm³/mol. The first kappa shape index (κ1) is 19.4. The quantitative estimate of drug-likeness (QED) is 0.587. The molecule has 146 valence electrons. The Hall–Kier alpha value is -3.36. The minimum Gasteiger partial charge on any atom is -0.325 e. The fourth-order valence-electron chi connectivity index (χ4n) is 2.82. The number of benzene rings is 2. The zero-order chi connectivity index (χ0) is 20.3. The Balaban J connectivity index is 1.59. The van der Waals surface area contributed by atoms with Crippen LogP contribution in [0.5, 0.6) is 0 Å². The maximum atomic E-state index is 13.6. The van der Waals surface area contributed by atoms with Crippen molar-refractivity contribution in [2.75, 3.05) is 11.9 Å². The summed E-state index contributed by atoms with van der Waals surface area (Å²) in [6.07, 6.45) is -0.0101. The Labute approximate surface area is 158 Å². The Bertz CT molecular complexity index is 921. The van der Waals surface area contributed by atoms with Gasteiger partial charge in [-0.3, -0.25) is 14.5 Å². The molecule has 0 radical (unpaired) electrons. The number of nitrogens with one attached hydrogen (secondary N) is 2. The molecule has 1 saturated heterocycles. The third-order valence-corrected chi connectivity index (χ3v) is 4.27. The predicted octanol–water partition coefficient (Wildman–Crippen LogP) is 2.60. The minimum absolute atomic E-state index is 0.143. The van der Waals surface area contributed by atoms with Gasteiger partial charge in [0.1, 0.15) is 6.04 Å². The summed E-state index contributed by atoms with van der Waals surface area (Å²) in [4.78, 5) is 37.4. The highest BCUT2D eigenvalue weighted by Crippen LogP contribution is 2.20. The van der Waals surface area contributed by atoms with E-state index in [2.05, 4.69) is 10.6 Å². The normalized spacial score (nSPS) is 16.2. The van der Waals surface area contributed by atoms with Gasteiger partial charge in [0, 0.05) is 6.54 Å². The van der Waals surface area contributed by atoms with Crippen molar-refractivity contribution in [2.45, 2.75) is 18.9 Å². The Morgan fingerprint density at radius 3 is 2.46 bits per heavy atom. The van der Waals surface area contributed by atoms with Crippen LogP contribution in [-0.4, -0.2) is 35.3 Å². The lowest BCUT2D eigenvalue weighted by Crippen LogP contribution is -2.35. The standard InChI is InChI=1S/C19H16F3N3O3/c20-12-6-7-13(17(22)16(12)21)23-15(26)10-14-18(27)25(19(28)24-14)9-8-11-4-2-1-3-5-11/h1-7,14H,8-10H2,(H,23,26)(H,24,28)/t14-/m1/s1. The van der Waals surface area contributed by atoms with Crippen LogP contribution in [0.15, 0.2) is 42.5 Å². The average Bonchev–Trinajstić information content (AvgIpc) is 2.94. The van der Waals surface area contributed by atoms with E-state index in [0.717, 1.165) is 16.5 Å². The molecule has 0 aromatic heterocycles. The highest BCUT2D eigenvalue weighted by molar-refractivity contribution is 6.06. The number of amides is 4. The second-order valence-corrected chi connectivity index (χ2v) is 6.20. The second kappa shape index (κ2) is 8.12. The number of urea groups is 1. The van der Waals surface area contributed by atoms with E-state index in [1.54, 1.807) is 0 Å². The zero-order valence-electron chi connectivity index (χ0n) is 14.5. The van der Waals surface area contributed by atoms with Gasteiger partial charge in [-0.25, -0.2) is 18.0 Å². The average molecular weight is 391 g/mol. The van der Waals surface area contributed by atoms with Gasteiger partial charge in [0.15, 0.2) is 17.5 Å². The van der Waals surface area contributed by atoms with E-state index in [1.165, 1.54) is 0 Å². The lowest BCUT2D eigenvalue weighted by atomic mass is 10.1. The first-order chi connectivity index (χ1) is 13.4. The third kappa shape index (κ3) is 4.13. The van der Waals surface area contributed by atoms with E-state index in [9.17, 15) is 27.6 Å². The van der Waals surface area contributed by atoms with E-state index in [0.29, 0.717) is 12.5 Å².